The van der Waals surface area contributed by atoms with Gasteiger partial charge in [0.1, 0.15) is 5.82 Å². The van der Waals surface area contributed by atoms with Gasteiger partial charge in [0.05, 0.1) is 5.60 Å². The Hall–Kier alpha value is -1.09. The summed E-state index contributed by atoms with van der Waals surface area (Å²) in [6.45, 7) is 6.39. The number of pyridine rings is 1. The van der Waals surface area contributed by atoms with Gasteiger partial charge >= 0.3 is 0 Å². The maximum atomic E-state index is 10.9. The van der Waals surface area contributed by atoms with Crippen molar-refractivity contribution in [3.05, 3.63) is 23.4 Å². The summed E-state index contributed by atoms with van der Waals surface area (Å²) in [6.07, 6.45) is 4.46. The van der Waals surface area contributed by atoms with E-state index in [0.29, 0.717) is 17.7 Å². The summed E-state index contributed by atoms with van der Waals surface area (Å²) in [6, 6.07) is 1.92. The van der Waals surface area contributed by atoms with E-state index in [4.69, 9.17) is 5.73 Å². The Bertz CT molecular complexity index is 386. The minimum Gasteiger partial charge on any atom is -0.385 e. The molecule has 0 saturated heterocycles. The van der Waals surface area contributed by atoms with Gasteiger partial charge in [-0.1, -0.05) is 13.8 Å². The van der Waals surface area contributed by atoms with Crippen LogP contribution in [0.4, 0.5) is 5.82 Å². The maximum Gasteiger partial charge on any atom is 0.129 e. The third-order valence-electron chi connectivity index (χ3n) is 3.83. The Balaban J connectivity index is 2.43. The van der Waals surface area contributed by atoms with E-state index in [2.05, 4.69) is 18.8 Å². The number of anilines is 1. The predicted molar refractivity (Wildman–Crippen MR) is 69.5 cm³/mol. The van der Waals surface area contributed by atoms with Gasteiger partial charge in [-0.2, -0.15) is 0 Å². The second-order valence-electron chi connectivity index (χ2n) is 5.77. The Kier molecular flexibility index (Phi) is 3.13. The number of nitrogens with two attached hydrogens (primary N) is 1. The Labute approximate surface area is 103 Å². The molecular weight excluding hydrogens is 212 g/mol. The van der Waals surface area contributed by atoms with Crippen LogP contribution in [0.5, 0.6) is 0 Å². The highest BCUT2D eigenvalue weighted by atomic mass is 16.3. The molecule has 1 aliphatic carbocycles. The lowest BCUT2D eigenvalue weighted by Gasteiger charge is -2.40. The smallest absolute Gasteiger partial charge is 0.129 e. The molecule has 3 nitrogen and oxygen atoms in total. The molecule has 2 atom stereocenters. The molecule has 0 amide bonds. The summed E-state index contributed by atoms with van der Waals surface area (Å²) in [5.41, 5.74) is 7.05. The Morgan fingerprint density at radius 2 is 1.94 bits per heavy atom. The summed E-state index contributed by atoms with van der Waals surface area (Å²) < 4.78 is 0. The molecule has 0 radical (unpaired) electrons. The third-order valence-corrected chi connectivity index (χ3v) is 3.83. The van der Waals surface area contributed by atoms with Gasteiger partial charge in [0.15, 0.2) is 0 Å². The van der Waals surface area contributed by atoms with E-state index < -0.39 is 5.60 Å². The van der Waals surface area contributed by atoms with Gasteiger partial charge in [-0.15, -0.1) is 0 Å². The summed E-state index contributed by atoms with van der Waals surface area (Å²) in [5, 5.41) is 10.9. The molecule has 94 valence electrons. The van der Waals surface area contributed by atoms with Crippen molar-refractivity contribution < 1.29 is 5.11 Å². The quantitative estimate of drug-likeness (QED) is 0.785. The molecular formula is C14H22N2O. The molecule has 0 aromatic carbocycles. The van der Waals surface area contributed by atoms with Crippen molar-refractivity contribution in [2.45, 2.75) is 45.6 Å². The van der Waals surface area contributed by atoms with Crippen molar-refractivity contribution in [3.8, 4) is 0 Å². The normalized spacial score (nSPS) is 33.6. The first kappa shape index (κ1) is 12.4. The van der Waals surface area contributed by atoms with Gasteiger partial charge in [0.25, 0.3) is 0 Å². The van der Waals surface area contributed by atoms with Crippen molar-refractivity contribution >= 4 is 5.82 Å². The first-order chi connectivity index (χ1) is 7.92. The van der Waals surface area contributed by atoms with E-state index in [1.807, 2.05) is 13.0 Å². The first-order valence-electron chi connectivity index (χ1n) is 6.36. The lowest BCUT2D eigenvalue weighted by Crippen LogP contribution is -2.36. The van der Waals surface area contributed by atoms with Crippen LogP contribution < -0.4 is 5.73 Å². The second-order valence-corrected chi connectivity index (χ2v) is 5.77. The monoisotopic (exact) mass is 234 g/mol. The number of aliphatic hydroxyl groups is 1. The largest absolute Gasteiger partial charge is 0.385 e. The van der Waals surface area contributed by atoms with Crippen LogP contribution >= 0.6 is 0 Å². The molecule has 2 unspecified atom stereocenters. The van der Waals surface area contributed by atoms with Crippen molar-refractivity contribution in [3.63, 3.8) is 0 Å². The van der Waals surface area contributed by atoms with E-state index in [9.17, 15) is 5.11 Å². The van der Waals surface area contributed by atoms with Gasteiger partial charge in [-0.25, -0.2) is 4.98 Å². The number of rotatable bonds is 1. The summed E-state index contributed by atoms with van der Waals surface area (Å²) in [5.74, 6) is 1.54. The lowest BCUT2D eigenvalue weighted by atomic mass is 9.70. The first-order valence-corrected chi connectivity index (χ1v) is 6.36. The fourth-order valence-corrected chi connectivity index (χ4v) is 3.48. The highest BCUT2D eigenvalue weighted by molar-refractivity contribution is 5.48. The molecule has 0 spiro atoms. The zero-order valence-electron chi connectivity index (χ0n) is 10.9. The van der Waals surface area contributed by atoms with Crippen LogP contribution in [0.3, 0.4) is 0 Å². The minimum atomic E-state index is -0.792. The molecule has 3 heteroatoms. The van der Waals surface area contributed by atoms with Gasteiger partial charge in [-0.05, 0) is 49.7 Å². The average Bonchev–Trinajstić information content (AvgIpc) is 2.13. The topological polar surface area (TPSA) is 59.1 Å². The Morgan fingerprint density at radius 3 is 2.47 bits per heavy atom. The third kappa shape index (κ3) is 2.29. The molecule has 0 aliphatic heterocycles. The number of aromatic nitrogens is 1. The van der Waals surface area contributed by atoms with Crippen molar-refractivity contribution in [2.24, 2.45) is 11.8 Å². The number of nitrogen functional groups attached to an aromatic ring is 1. The summed E-state index contributed by atoms with van der Waals surface area (Å²) in [4.78, 5) is 4.13. The molecule has 1 saturated carbocycles. The zero-order chi connectivity index (χ0) is 12.6. The molecule has 17 heavy (non-hydrogen) atoms. The van der Waals surface area contributed by atoms with Gasteiger partial charge in [0.2, 0.25) is 0 Å². The van der Waals surface area contributed by atoms with Crippen LogP contribution in [0.1, 0.15) is 44.2 Å². The Morgan fingerprint density at radius 1 is 1.35 bits per heavy atom. The molecule has 1 aromatic rings. The standard InChI is InChI=1S/C14H22N2O/c1-9-6-10(2)8-14(17,7-9)12-11(3)4-5-16-13(12)15/h4-5,9-10,17H,6-8H2,1-3H3,(H2,15,16). The molecule has 1 fully saturated rings. The fraction of sp³-hybridized carbons (Fsp3) is 0.643. The van der Waals surface area contributed by atoms with E-state index >= 15 is 0 Å². The highest BCUT2D eigenvalue weighted by Gasteiger charge is 2.39. The number of nitrogens with zero attached hydrogens (tertiary/aromatic N) is 1. The van der Waals surface area contributed by atoms with Crippen LogP contribution in [0, 0.1) is 18.8 Å². The van der Waals surface area contributed by atoms with E-state index in [1.165, 1.54) is 6.42 Å². The maximum absolute atomic E-state index is 10.9. The lowest BCUT2D eigenvalue weighted by molar-refractivity contribution is -0.0363. The average molecular weight is 234 g/mol. The van der Waals surface area contributed by atoms with E-state index in [0.717, 1.165) is 24.0 Å². The number of aryl methyl sites for hydroxylation is 1. The van der Waals surface area contributed by atoms with Crippen LogP contribution in [0.2, 0.25) is 0 Å². The molecule has 1 heterocycles. The van der Waals surface area contributed by atoms with Crippen molar-refractivity contribution in [1.82, 2.24) is 4.98 Å². The van der Waals surface area contributed by atoms with Crippen molar-refractivity contribution in [2.75, 3.05) is 5.73 Å². The second kappa shape index (κ2) is 4.30. The van der Waals surface area contributed by atoms with Gasteiger partial charge in [-0.3, -0.25) is 0 Å². The van der Waals surface area contributed by atoms with Crippen LogP contribution in [-0.4, -0.2) is 10.1 Å². The molecule has 1 aliphatic rings. The zero-order valence-corrected chi connectivity index (χ0v) is 10.9. The summed E-state index contributed by atoms with van der Waals surface area (Å²) >= 11 is 0. The molecule has 1 aromatic heterocycles. The molecule has 3 N–H and O–H groups in total. The highest BCUT2D eigenvalue weighted by Crippen LogP contribution is 2.44. The van der Waals surface area contributed by atoms with Crippen molar-refractivity contribution in [1.29, 1.82) is 0 Å². The van der Waals surface area contributed by atoms with E-state index in [1.54, 1.807) is 6.20 Å². The SMILES string of the molecule is Cc1ccnc(N)c1C1(O)CC(C)CC(C)C1. The number of hydrogen-bond acceptors (Lipinski definition) is 3. The van der Waals surface area contributed by atoms with Gasteiger partial charge in [0, 0.05) is 11.8 Å². The predicted octanol–water partition coefficient (Wildman–Crippen LogP) is 2.62. The van der Waals surface area contributed by atoms with Crippen LogP contribution in [0.15, 0.2) is 12.3 Å². The van der Waals surface area contributed by atoms with Crippen LogP contribution in [0.25, 0.3) is 0 Å². The van der Waals surface area contributed by atoms with E-state index in [-0.39, 0.29) is 0 Å². The van der Waals surface area contributed by atoms with Crippen LogP contribution in [-0.2, 0) is 5.60 Å². The minimum absolute atomic E-state index is 0.480. The fourth-order valence-electron chi connectivity index (χ4n) is 3.48. The molecule has 2 rings (SSSR count). The summed E-state index contributed by atoms with van der Waals surface area (Å²) in [7, 11) is 0. The number of hydrogen-bond donors (Lipinski definition) is 2. The molecule has 0 bridgehead atoms. The van der Waals surface area contributed by atoms with Gasteiger partial charge < -0.3 is 10.8 Å².